The van der Waals surface area contributed by atoms with E-state index >= 15 is 0 Å². The Morgan fingerprint density at radius 2 is 1.94 bits per heavy atom. The zero-order chi connectivity index (χ0) is 23.3. The second kappa shape index (κ2) is 8.20. The first-order chi connectivity index (χ1) is 15.9. The molecule has 2 fully saturated rings. The molecule has 174 valence electrons. The number of aryl methyl sites for hydroxylation is 2. The molecule has 1 saturated carbocycles. The summed E-state index contributed by atoms with van der Waals surface area (Å²) in [5.41, 5.74) is 3.79. The van der Waals surface area contributed by atoms with Gasteiger partial charge < -0.3 is 19.5 Å². The Bertz CT molecular complexity index is 1220. The summed E-state index contributed by atoms with van der Waals surface area (Å²) in [6.45, 7) is 3.24. The number of carbonyl (C=O) groups excluding carboxylic acids is 2. The summed E-state index contributed by atoms with van der Waals surface area (Å²) >= 11 is 0. The summed E-state index contributed by atoms with van der Waals surface area (Å²) in [6, 6.07) is 5.55. The molecule has 2 atom stereocenters. The fourth-order valence-electron chi connectivity index (χ4n) is 4.73. The SMILES string of the molecule is COc1cc(C(=O)N2CC[C@@H](NC(=O)c3cc(C4CC4)nn3C)[C@@H](C)C2)cc2c1ncn2C. The molecule has 1 aliphatic carbocycles. The fourth-order valence-corrected chi connectivity index (χ4v) is 4.73. The Kier molecular flexibility index (Phi) is 5.34. The van der Waals surface area contributed by atoms with Crippen molar-refractivity contribution < 1.29 is 14.3 Å². The van der Waals surface area contributed by atoms with Gasteiger partial charge in [-0.2, -0.15) is 5.10 Å². The minimum Gasteiger partial charge on any atom is -0.494 e. The van der Waals surface area contributed by atoms with Crippen molar-refractivity contribution in [1.82, 2.24) is 29.5 Å². The summed E-state index contributed by atoms with van der Waals surface area (Å²) in [5, 5.41) is 7.67. The maximum atomic E-state index is 13.3. The molecule has 1 aliphatic heterocycles. The highest BCUT2D eigenvalue weighted by molar-refractivity contribution is 5.99. The van der Waals surface area contributed by atoms with Crippen LogP contribution in [-0.2, 0) is 14.1 Å². The maximum Gasteiger partial charge on any atom is 0.269 e. The molecular formula is C24H30N6O3. The average molecular weight is 451 g/mol. The largest absolute Gasteiger partial charge is 0.494 e. The first kappa shape index (κ1) is 21.5. The summed E-state index contributed by atoms with van der Waals surface area (Å²) in [4.78, 5) is 32.4. The van der Waals surface area contributed by atoms with E-state index in [0.717, 1.165) is 29.6 Å². The second-order valence-electron chi connectivity index (χ2n) is 9.35. The zero-order valence-electron chi connectivity index (χ0n) is 19.5. The molecule has 3 heterocycles. The Morgan fingerprint density at radius 1 is 1.15 bits per heavy atom. The minimum absolute atomic E-state index is 0.00918. The van der Waals surface area contributed by atoms with Crippen LogP contribution in [0.2, 0.25) is 0 Å². The van der Waals surface area contributed by atoms with Crippen molar-refractivity contribution in [3.05, 3.63) is 41.5 Å². The minimum atomic E-state index is -0.0973. The fraction of sp³-hybridized carbons (Fsp3) is 0.500. The molecule has 0 unspecified atom stereocenters. The quantitative estimate of drug-likeness (QED) is 0.645. The van der Waals surface area contributed by atoms with Crippen LogP contribution in [-0.4, -0.2) is 62.3 Å². The molecule has 1 aromatic carbocycles. The molecule has 0 radical (unpaired) electrons. The molecule has 1 N–H and O–H groups in total. The van der Waals surface area contributed by atoms with Gasteiger partial charge in [-0.15, -0.1) is 0 Å². The molecular weight excluding hydrogens is 420 g/mol. The van der Waals surface area contributed by atoms with Crippen molar-refractivity contribution in [2.24, 2.45) is 20.0 Å². The third kappa shape index (κ3) is 3.96. The summed E-state index contributed by atoms with van der Waals surface area (Å²) in [7, 11) is 5.30. The van der Waals surface area contributed by atoms with Gasteiger partial charge in [0.25, 0.3) is 11.8 Å². The van der Waals surface area contributed by atoms with Gasteiger partial charge in [0.2, 0.25) is 0 Å². The predicted molar refractivity (Wildman–Crippen MR) is 123 cm³/mol. The number of ether oxygens (including phenoxy) is 1. The standard InChI is InChI=1S/C24H30N6O3/c1-14-12-30(24(32)16-9-19-22(21(10-16)33-4)25-13-28(19)2)8-7-17(14)26-23(31)20-11-18(15-5-6-15)27-29(20)3/h9-11,13-15,17H,5-8,12H2,1-4H3,(H,26,31)/t14-,17+/m0/s1. The first-order valence-electron chi connectivity index (χ1n) is 11.5. The van der Waals surface area contributed by atoms with E-state index in [4.69, 9.17) is 4.74 Å². The number of benzene rings is 1. The number of piperidine rings is 1. The second-order valence-corrected chi connectivity index (χ2v) is 9.35. The molecule has 2 aromatic heterocycles. The number of nitrogens with zero attached hydrogens (tertiary/aromatic N) is 5. The van der Waals surface area contributed by atoms with Crippen LogP contribution in [0.5, 0.6) is 5.75 Å². The number of amides is 2. The summed E-state index contributed by atoms with van der Waals surface area (Å²) in [5.74, 6) is 1.10. The Morgan fingerprint density at radius 3 is 2.64 bits per heavy atom. The zero-order valence-corrected chi connectivity index (χ0v) is 19.5. The van der Waals surface area contributed by atoms with E-state index in [-0.39, 0.29) is 23.8 Å². The smallest absolute Gasteiger partial charge is 0.269 e. The van der Waals surface area contributed by atoms with E-state index in [2.05, 4.69) is 22.3 Å². The normalized spacial score (nSPS) is 20.8. The highest BCUT2D eigenvalue weighted by atomic mass is 16.5. The number of hydrogen-bond acceptors (Lipinski definition) is 5. The van der Waals surface area contributed by atoms with Gasteiger partial charge in [0, 0.05) is 44.7 Å². The molecule has 33 heavy (non-hydrogen) atoms. The summed E-state index contributed by atoms with van der Waals surface area (Å²) < 4.78 is 9.03. The van der Waals surface area contributed by atoms with Crippen LogP contribution >= 0.6 is 0 Å². The van der Waals surface area contributed by atoms with Crippen LogP contribution in [0, 0.1) is 5.92 Å². The number of imidazole rings is 1. The van der Waals surface area contributed by atoms with Crippen LogP contribution in [0.4, 0.5) is 0 Å². The topological polar surface area (TPSA) is 94.3 Å². The van der Waals surface area contributed by atoms with Crippen LogP contribution in [0.25, 0.3) is 11.0 Å². The van der Waals surface area contributed by atoms with Crippen molar-refractivity contribution in [2.75, 3.05) is 20.2 Å². The average Bonchev–Trinajstić information content (AvgIpc) is 3.49. The van der Waals surface area contributed by atoms with Gasteiger partial charge in [-0.05, 0) is 43.4 Å². The highest BCUT2D eigenvalue weighted by Gasteiger charge is 2.32. The number of aromatic nitrogens is 4. The molecule has 9 heteroatoms. The van der Waals surface area contributed by atoms with Gasteiger partial charge in [0.15, 0.2) is 0 Å². The van der Waals surface area contributed by atoms with Crippen molar-refractivity contribution in [1.29, 1.82) is 0 Å². The van der Waals surface area contributed by atoms with E-state index in [1.165, 1.54) is 0 Å². The van der Waals surface area contributed by atoms with Gasteiger partial charge >= 0.3 is 0 Å². The van der Waals surface area contributed by atoms with Crippen LogP contribution < -0.4 is 10.1 Å². The van der Waals surface area contributed by atoms with E-state index in [0.29, 0.717) is 42.4 Å². The Hall–Kier alpha value is -3.36. The van der Waals surface area contributed by atoms with E-state index in [9.17, 15) is 9.59 Å². The Balaban J connectivity index is 1.26. The summed E-state index contributed by atoms with van der Waals surface area (Å²) in [6.07, 6.45) is 4.73. The van der Waals surface area contributed by atoms with Crippen LogP contribution in [0.3, 0.4) is 0 Å². The molecule has 1 saturated heterocycles. The Labute approximate surface area is 192 Å². The number of hydrogen-bond donors (Lipinski definition) is 1. The third-order valence-electron chi connectivity index (χ3n) is 6.90. The number of fused-ring (bicyclic) bond motifs is 1. The lowest BCUT2D eigenvalue weighted by Crippen LogP contribution is -2.51. The molecule has 0 spiro atoms. The predicted octanol–water partition coefficient (Wildman–Crippen LogP) is 2.47. The number of methoxy groups -OCH3 is 1. The number of rotatable bonds is 5. The molecule has 5 rings (SSSR count). The van der Waals surface area contributed by atoms with Crippen molar-refractivity contribution >= 4 is 22.8 Å². The molecule has 2 aliphatic rings. The van der Waals surface area contributed by atoms with Gasteiger partial charge in [-0.25, -0.2) is 4.98 Å². The van der Waals surface area contributed by atoms with Crippen molar-refractivity contribution in [3.8, 4) is 5.75 Å². The van der Waals surface area contributed by atoms with Crippen molar-refractivity contribution in [2.45, 2.75) is 38.1 Å². The molecule has 9 nitrogen and oxygen atoms in total. The highest BCUT2D eigenvalue weighted by Crippen LogP contribution is 2.39. The van der Waals surface area contributed by atoms with Crippen LogP contribution in [0.15, 0.2) is 24.5 Å². The van der Waals surface area contributed by atoms with E-state index in [1.54, 1.807) is 24.2 Å². The van der Waals surface area contributed by atoms with Gasteiger partial charge in [-0.3, -0.25) is 14.3 Å². The van der Waals surface area contributed by atoms with Gasteiger partial charge in [0.05, 0.1) is 24.6 Å². The lowest BCUT2D eigenvalue weighted by Gasteiger charge is -2.37. The monoisotopic (exact) mass is 450 g/mol. The lowest BCUT2D eigenvalue weighted by atomic mass is 9.93. The van der Waals surface area contributed by atoms with E-state index < -0.39 is 0 Å². The molecule has 0 bridgehead atoms. The number of likely N-dealkylation sites (tertiary alicyclic amines) is 1. The van der Waals surface area contributed by atoms with E-state index in [1.807, 2.05) is 35.7 Å². The van der Waals surface area contributed by atoms with Crippen LogP contribution in [0.1, 0.15) is 58.6 Å². The van der Waals surface area contributed by atoms with Gasteiger partial charge in [-0.1, -0.05) is 6.92 Å². The number of carbonyl (C=O) groups is 2. The van der Waals surface area contributed by atoms with Crippen molar-refractivity contribution in [3.63, 3.8) is 0 Å². The maximum absolute atomic E-state index is 13.3. The molecule has 3 aromatic rings. The number of nitrogens with one attached hydrogen (secondary N) is 1. The first-order valence-corrected chi connectivity index (χ1v) is 11.5. The third-order valence-corrected chi connectivity index (χ3v) is 6.90. The lowest BCUT2D eigenvalue weighted by molar-refractivity contribution is 0.0632. The van der Waals surface area contributed by atoms with Gasteiger partial charge in [0.1, 0.15) is 17.0 Å². The molecule has 2 amide bonds.